The van der Waals surface area contributed by atoms with E-state index in [1.165, 1.54) is 0 Å². The molecule has 0 heterocycles. The van der Waals surface area contributed by atoms with E-state index in [1.54, 1.807) is 0 Å². The molecule has 0 fully saturated rings. The van der Waals surface area contributed by atoms with Crippen molar-refractivity contribution < 1.29 is 0 Å². The van der Waals surface area contributed by atoms with Crippen LogP contribution >= 0.6 is 0 Å². The molecule has 0 amide bonds. The van der Waals surface area contributed by atoms with Gasteiger partial charge in [0.05, 0.1) is 20.5 Å². The zero-order chi connectivity index (χ0) is 13.9. The number of fused-ring (bicyclic) bond motifs is 2. The first-order valence-corrected chi connectivity index (χ1v) is 8.48. The molecule has 2 radical (unpaired) electrons. The van der Waals surface area contributed by atoms with Crippen molar-refractivity contribution in [3.05, 3.63) is 59.7 Å². The van der Waals surface area contributed by atoms with Crippen LogP contribution in [-0.2, 0) is 0 Å². The van der Waals surface area contributed by atoms with Crippen molar-refractivity contribution in [1.82, 2.24) is 0 Å². The van der Waals surface area contributed by atoms with Gasteiger partial charge in [0, 0.05) is 11.1 Å². The Morgan fingerprint density at radius 3 is 1.55 bits per heavy atom. The molecule has 0 saturated carbocycles. The van der Waals surface area contributed by atoms with Gasteiger partial charge in [-0.05, 0) is 57.9 Å². The van der Waals surface area contributed by atoms with Crippen LogP contribution in [0.1, 0.15) is 11.1 Å². The van der Waals surface area contributed by atoms with Crippen LogP contribution in [0.15, 0.2) is 36.4 Å². The molecule has 0 aromatic heterocycles. The predicted octanol–water partition coefficient (Wildman–Crippen LogP) is 0.942. The van der Waals surface area contributed by atoms with E-state index in [4.69, 9.17) is 0 Å². The van der Waals surface area contributed by atoms with Crippen molar-refractivity contribution in [2.24, 2.45) is 0 Å². The molecule has 0 bridgehead atoms. The van der Waals surface area contributed by atoms with Gasteiger partial charge in [0.2, 0.25) is 0 Å². The Labute approximate surface area is 125 Å². The van der Waals surface area contributed by atoms with Crippen LogP contribution in [0, 0.1) is 35.1 Å². The summed E-state index contributed by atoms with van der Waals surface area (Å²) in [5, 5.41) is 4.29. The summed E-state index contributed by atoms with van der Waals surface area (Å²) in [7, 11) is 1.80. The Bertz CT molecular complexity index is 857. The Kier molecular flexibility index (Phi) is 3.43. The van der Waals surface area contributed by atoms with E-state index in [9.17, 15) is 0 Å². The van der Waals surface area contributed by atoms with E-state index in [0.29, 0.717) is 0 Å². The maximum Gasteiger partial charge on any atom is 0.0911 e. The maximum absolute atomic E-state index is 3.46. The van der Waals surface area contributed by atoms with Gasteiger partial charge in [-0.3, -0.25) is 0 Å². The zero-order valence-electron chi connectivity index (χ0n) is 11.5. The standard InChI is InChI=1S/C18H12Si2/c19-7-5-13-1-3-15-11-16-4-2-14(6-8-20)10-18(16)12-17(15)9-13/h1-4,9-10H,19-20H3. The van der Waals surface area contributed by atoms with Gasteiger partial charge >= 0.3 is 0 Å². The number of hydrogen-bond acceptors (Lipinski definition) is 0. The highest BCUT2D eigenvalue weighted by molar-refractivity contribution is 6.22. The molecule has 2 heteroatoms. The lowest BCUT2D eigenvalue weighted by atomic mass is 10.0. The quantitative estimate of drug-likeness (QED) is 0.327. The van der Waals surface area contributed by atoms with Gasteiger partial charge in [0.25, 0.3) is 0 Å². The van der Waals surface area contributed by atoms with Gasteiger partial charge in [-0.15, -0.1) is 11.1 Å². The second-order valence-corrected chi connectivity index (χ2v) is 5.52. The monoisotopic (exact) mass is 284 g/mol. The zero-order valence-corrected chi connectivity index (χ0v) is 15.5. The minimum Gasteiger partial charge on any atom is -0.138 e. The fraction of sp³-hybridized carbons (Fsp3) is 0. The summed E-state index contributed by atoms with van der Waals surface area (Å²) in [6.07, 6.45) is 0. The van der Waals surface area contributed by atoms with Crippen LogP contribution in [0.4, 0.5) is 0 Å². The first kappa shape index (κ1) is 12.8. The fourth-order valence-electron chi connectivity index (χ4n) is 2.25. The third-order valence-electron chi connectivity index (χ3n) is 3.12. The molecule has 20 heavy (non-hydrogen) atoms. The lowest BCUT2D eigenvalue weighted by molar-refractivity contribution is 1.68. The predicted molar refractivity (Wildman–Crippen MR) is 92.8 cm³/mol. The Morgan fingerprint density at radius 2 is 1.10 bits per heavy atom. The van der Waals surface area contributed by atoms with Crippen LogP contribution in [0.3, 0.4) is 0 Å². The molecule has 0 saturated heterocycles. The summed E-state index contributed by atoms with van der Waals surface area (Å²) >= 11 is 0. The normalized spacial score (nSPS) is 10.0. The van der Waals surface area contributed by atoms with Gasteiger partial charge < -0.3 is 0 Å². The van der Waals surface area contributed by atoms with E-state index in [1.807, 2.05) is 12.1 Å². The second kappa shape index (κ2) is 5.39. The third-order valence-corrected chi connectivity index (χ3v) is 3.62. The van der Waals surface area contributed by atoms with Gasteiger partial charge in [0.15, 0.2) is 0 Å². The van der Waals surface area contributed by atoms with Gasteiger partial charge in [-0.25, -0.2) is 0 Å². The Morgan fingerprint density at radius 1 is 0.650 bits per heavy atom. The molecular formula is C18H12Si2. The molecule has 92 valence electrons. The number of benzene rings is 3. The first-order valence-electron chi connectivity index (χ1n) is 6.48. The minimum absolute atomic E-state index is 0.899. The summed E-state index contributed by atoms with van der Waals surface area (Å²) < 4.78 is 0. The largest absolute Gasteiger partial charge is 0.138 e. The SMILES string of the molecule is [SiH3]C#Cc1ccc2[c]c3ccc(C#C[SiH3])cc3[c]c2c1. The lowest BCUT2D eigenvalue weighted by Gasteiger charge is -2.03. The highest BCUT2D eigenvalue weighted by Crippen LogP contribution is 2.23. The number of hydrogen-bond donors (Lipinski definition) is 0. The summed E-state index contributed by atoms with van der Waals surface area (Å²) in [6.45, 7) is 0. The van der Waals surface area contributed by atoms with Crippen molar-refractivity contribution in [3.63, 3.8) is 0 Å². The molecule has 0 aliphatic heterocycles. The van der Waals surface area contributed by atoms with Crippen molar-refractivity contribution in [2.75, 3.05) is 0 Å². The smallest absolute Gasteiger partial charge is 0.0911 e. The number of rotatable bonds is 0. The van der Waals surface area contributed by atoms with E-state index >= 15 is 0 Å². The average Bonchev–Trinajstić information content (AvgIpc) is 2.46. The van der Waals surface area contributed by atoms with E-state index in [-0.39, 0.29) is 0 Å². The Balaban J connectivity index is 2.27. The molecule has 3 rings (SSSR count). The summed E-state index contributed by atoms with van der Waals surface area (Å²) in [5.41, 5.74) is 8.22. The molecule has 0 unspecified atom stereocenters. The van der Waals surface area contributed by atoms with Gasteiger partial charge in [-0.2, -0.15) is 0 Å². The van der Waals surface area contributed by atoms with Crippen LogP contribution in [0.5, 0.6) is 0 Å². The maximum atomic E-state index is 3.46. The summed E-state index contributed by atoms with van der Waals surface area (Å²) in [6, 6.07) is 19.3. The van der Waals surface area contributed by atoms with Gasteiger partial charge in [0.1, 0.15) is 0 Å². The topological polar surface area (TPSA) is 0 Å². The van der Waals surface area contributed by atoms with Crippen LogP contribution in [0.2, 0.25) is 0 Å². The molecule has 3 aromatic rings. The lowest BCUT2D eigenvalue weighted by Crippen LogP contribution is -1.82. The molecule has 0 N–H and O–H groups in total. The molecular weight excluding hydrogens is 272 g/mol. The molecule has 0 atom stereocenters. The second-order valence-electron chi connectivity index (χ2n) is 4.52. The Hall–Kier alpha value is -2.27. The molecule has 0 aliphatic carbocycles. The minimum atomic E-state index is 0.899. The van der Waals surface area contributed by atoms with E-state index < -0.39 is 0 Å². The fourth-order valence-corrected chi connectivity index (χ4v) is 2.83. The highest BCUT2D eigenvalue weighted by atomic mass is 28.1. The third kappa shape index (κ3) is 2.40. The highest BCUT2D eigenvalue weighted by Gasteiger charge is 2.01. The van der Waals surface area contributed by atoms with Crippen molar-refractivity contribution in [2.45, 2.75) is 0 Å². The van der Waals surface area contributed by atoms with Gasteiger partial charge in [-0.1, -0.05) is 24.0 Å². The van der Waals surface area contributed by atoms with E-state index in [0.717, 1.165) is 53.2 Å². The molecule has 3 aromatic carbocycles. The van der Waals surface area contributed by atoms with Crippen molar-refractivity contribution in [3.8, 4) is 22.9 Å². The summed E-state index contributed by atoms with van der Waals surface area (Å²) in [4.78, 5) is 0. The first-order chi connectivity index (χ1) is 9.80. The van der Waals surface area contributed by atoms with Crippen LogP contribution in [0.25, 0.3) is 21.5 Å². The average molecular weight is 284 g/mol. The van der Waals surface area contributed by atoms with Crippen molar-refractivity contribution >= 4 is 42.0 Å². The molecule has 0 spiro atoms. The van der Waals surface area contributed by atoms with Crippen molar-refractivity contribution in [1.29, 1.82) is 0 Å². The molecule has 0 aliphatic rings. The van der Waals surface area contributed by atoms with Crippen LogP contribution in [-0.4, -0.2) is 20.5 Å². The van der Waals surface area contributed by atoms with E-state index in [2.05, 4.69) is 59.3 Å². The van der Waals surface area contributed by atoms with Crippen LogP contribution < -0.4 is 0 Å². The summed E-state index contributed by atoms with van der Waals surface area (Å²) in [5.74, 6) is 6.28. The molecule has 0 nitrogen and oxygen atoms in total.